The molecule has 0 radical (unpaired) electrons. The summed E-state index contributed by atoms with van der Waals surface area (Å²) >= 11 is 0. The van der Waals surface area contributed by atoms with Crippen LogP contribution in [0.2, 0.25) is 0 Å². The number of benzene rings is 2. The molecule has 0 amide bonds. The molecule has 0 unspecified atom stereocenters. The number of nitrogens with zero attached hydrogens (tertiary/aromatic N) is 4. The SMILES string of the molecule is CN(c1ccc([N+](=O)[O-])cc1)c1ncc(C(F)(F)F)c(Oc2ccccc2)n1. The van der Waals surface area contributed by atoms with E-state index in [1.807, 2.05) is 0 Å². The zero-order valence-corrected chi connectivity index (χ0v) is 14.4. The lowest BCUT2D eigenvalue weighted by molar-refractivity contribution is -0.384. The maximum absolute atomic E-state index is 13.3. The van der Waals surface area contributed by atoms with Gasteiger partial charge in [-0.05, 0) is 24.3 Å². The molecule has 3 rings (SSSR count). The van der Waals surface area contributed by atoms with Gasteiger partial charge in [0.25, 0.3) is 5.69 Å². The Morgan fingerprint density at radius 3 is 2.29 bits per heavy atom. The number of non-ortho nitro benzene ring substituents is 1. The van der Waals surface area contributed by atoms with E-state index in [1.54, 1.807) is 18.2 Å². The minimum atomic E-state index is -4.70. The molecule has 10 heteroatoms. The fourth-order valence-electron chi connectivity index (χ4n) is 2.30. The fraction of sp³-hybridized carbons (Fsp3) is 0.111. The van der Waals surface area contributed by atoms with E-state index in [0.717, 1.165) is 0 Å². The number of anilines is 2. The van der Waals surface area contributed by atoms with E-state index in [4.69, 9.17) is 4.74 Å². The molecule has 28 heavy (non-hydrogen) atoms. The van der Waals surface area contributed by atoms with E-state index in [9.17, 15) is 23.3 Å². The number of nitro groups is 1. The largest absolute Gasteiger partial charge is 0.438 e. The first-order valence-electron chi connectivity index (χ1n) is 7.91. The molecule has 0 aliphatic rings. The molecule has 0 saturated carbocycles. The molecule has 0 spiro atoms. The Bertz CT molecular complexity index is 980. The lowest BCUT2D eigenvalue weighted by Gasteiger charge is -2.19. The second kappa shape index (κ2) is 7.51. The Balaban J connectivity index is 1.97. The first kappa shape index (κ1) is 19.1. The zero-order valence-electron chi connectivity index (χ0n) is 14.4. The second-order valence-corrected chi connectivity index (χ2v) is 5.63. The molecule has 0 fully saturated rings. The van der Waals surface area contributed by atoms with Gasteiger partial charge in [0.15, 0.2) is 0 Å². The Labute approximate surface area is 157 Å². The third-order valence-corrected chi connectivity index (χ3v) is 3.75. The molecule has 2 aromatic carbocycles. The summed E-state index contributed by atoms with van der Waals surface area (Å²) in [6, 6.07) is 13.4. The number of rotatable bonds is 5. The number of ether oxygens (including phenoxy) is 1. The third kappa shape index (κ3) is 4.17. The quantitative estimate of drug-likeness (QED) is 0.452. The van der Waals surface area contributed by atoms with Gasteiger partial charge in [-0.2, -0.15) is 18.2 Å². The van der Waals surface area contributed by atoms with Crippen LogP contribution in [0.25, 0.3) is 0 Å². The molecule has 0 saturated heterocycles. The standard InChI is InChI=1S/C18H13F3N4O3/c1-24(12-7-9-13(10-8-12)25(26)27)17-22-11-15(18(19,20)21)16(23-17)28-14-5-3-2-4-6-14/h2-11H,1H3. The topological polar surface area (TPSA) is 81.4 Å². The summed E-state index contributed by atoms with van der Waals surface area (Å²) in [5.41, 5.74) is -0.771. The Kier molecular flexibility index (Phi) is 5.12. The first-order chi connectivity index (χ1) is 13.3. The van der Waals surface area contributed by atoms with E-state index in [0.29, 0.717) is 11.9 Å². The number of alkyl halides is 3. The molecular weight excluding hydrogens is 377 g/mol. The van der Waals surface area contributed by atoms with E-state index in [1.165, 1.54) is 48.3 Å². The molecule has 0 aliphatic heterocycles. The summed E-state index contributed by atoms with van der Waals surface area (Å²) in [5, 5.41) is 10.7. The lowest BCUT2D eigenvalue weighted by atomic mass is 10.2. The van der Waals surface area contributed by atoms with Crippen LogP contribution in [0.4, 0.5) is 30.5 Å². The Hall–Kier alpha value is -3.69. The van der Waals surface area contributed by atoms with Gasteiger partial charge in [-0.25, -0.2) is 4.98 Å². The van der Waals surface area contributed by atoms with Gasteiger partial charge in [0.1, 0.15) is 11.3 Å². The summed E-state index contributed by atoms with van der Waals surface area (Å²) in [5.74, 6) is -0.513. The van der Waals surface area contributed by atoms with Gasteiger partial charge in [-0.1, -0.05) is 18.2 Å². The molecular formula is C18H13F3N4O3. The van der Waals surface area contributed by atoms with Crippen LogP contribution in [0.15, 0.2) is 60.8 Å². The van der Waals surface area contributed by atoms with Crippen LogP contribution in [-0.2, 0) is 6.18 Å². The molecule has 0 aliphatic carbocycles. The van der Waals surface area contributed by atoms with E-state index in [-0.39, 0.29) is 17.4 Å². The van der Waals surface area contributed by atoms with E-state index >= 15 is 0 Å². The highest BCUT2D eigenvalue weighted by Crippen LogP contribution is 2.37. The van der Waals surface area contributed by atoms with Crippen molar-refractivity contribution in [1.82, 2.24) is 9.97 Å². The maximum Gasteiger partial charge on any atom is 0.423 e. The minimum Gasteiger partial charge on any atom is -0.438 e. The average molecular weight is 390 g/mol. The van der Waals surface area contributed by atoms with Gasteiger partial charge >= 0.3 is 6.18 Å². The smallest absolute Gasteiger partial charge is 0.423 e. The summed E-state index contributed by atoms with van der Waals surface area (Å²) < 4.78 is 45.2. The number of aromatic nitrogens is 2. The molecule has 0 N–H and O–H groups in total. The average Bonchev–Trinajstić information content (AvgIpc) is 2.67. The van der Waals surface area contributed by atoms with Crippen LogP contribution in [0.1, 0.15) is 5.56 Å². The van der Waals surface area contributed by atoms with Crippen molar-refractivity contribution >= 4 is 17.3 Å². The van der Waals surface area contributed by atoms with Gasteiger partial charge in [0, 0.05) is 31.1 Å². The number of nitro benzene ring substituents is 1. The van der Waals surface area contributed by atoms with Crippen molar-refractivity contribution in [2.75, 3.05) is 11.9 Å². The van der Waals surface area contributed by atoms with Crippen molar-refractivity contribution in [3.8, 4) is 11.6 Å². The highest BCUT2D eigenvalue weighted by Gasteiger charge is 2.36. The van der Waals surface area contributed by atoms with Crippen molar-refractivity contribution in [2.45, 2.75) is 6.18 Å². The maximum atomic E-state index is 13.3. The molecule has 0 bridgehead atoms. The predicted octanol–water partition coefficient (Wildman–Crippen LogP) is 4.96. The lowest BCUT2D eigenvalue weighted by Crippen LogP contribution is -2.16. The second-order valence-electron chi connectivity index (χ2n) is 5.63. The van der Waals surface area contributed by atoms with Crippen LogP contribution in [0, 0.1) is 10.1 Å². The third-order valence-electron chi connectivity index (χ3n) is 3.75. The van der Waals surface area contributed by atoms with Crippen LogP contribution in [0.3, 0.4) is 0 Å². The van der Waals surface area contributed by atoms with Crippen molar-refractivity contribution in [1.29, 1.82) is 0 Å². The van der Waals surface area contributed by atoms with Gasteiger partial charge in [0.2, 0.25) is 11.8 Å². The first-order valence-corrected chi connectivity index (χ1v) is 7.91. The molecule has 0 atom stereocenters. The van der Waals surface area contributed by atoms with Gasteiger partial charge in [-0.3, -0.25) is 10.1 Å². The number of para-hydroxylation sites is 1. The van der Waals surface area contributed by atoms with Crippen molar-refractivity contribution < 1.29 is 22.8 Å². The Morgan fingerprint density at radius 1 is 1.07 bits per heavy atom. The molecule has 1 heterocycles. The van der Waals surface area contributed by atoms with Gasteiger partial charge < -0.3 is 9.64 Å². The highest BCUT2D eigenvalue weighted by molar-refractivity contribution is 5.59. The van der Waals surface area contributed by atoms with Crippen LogP contribution >= 0.6 is 0 Å². The van der Waals surface area contributed by atoms with Crippen molar-refractivity contribution in [2.24, 2.45) is 0 Å². The van der Waals surface area contributed by atoms with Gasteiger partial charge in [0.05, 0.1) is 4.92 Å². The van der Waals surface area contributed by atoms with Crippen molar-refractivity contribution in [3.63, 3.8) is 0 Å². The van der Waals surface area contributed by atoms with E-state index in [2.05, 4.69) is 9.97 Å². The highest BCUT2D eigenvalue weighted by atomic mass is 19.4. The summed E-state index contributed by atoms with van der Waals surface area (Å²) in [6.45, 7) is 0. The molecule has 3 aromatic rings. The zero-order chi connectivity index (χ0) is 20.3. The van der Waals surface area contributed by atoms with Crippen LogP contribution in [0.5, 0.6) is 11.6 Å². The summed E-state index contributed by atoms with van der Waals surface area (Å²) in [7, 11) is 1.52. The normalized spacial score (nSPS) is 11.1. The van der Waals surface area contributed by atoms with Crippen LogP contribution < -0.4 is 9.64 Å². The molecule has 1 aromatic heterocycles. The number of halogens is 3. The number of hydrogen-bond acceptors (Lipinski definition) is 6. The van der Waals surface area contributed by atoms with Crippen molar-refractivity contribution in [3.05, 3.63) is 76.5 Å². The Morgan fingerprint density at radius 2 is 1.71 bits per heavy atom. The predicted molar refractivity (Wildman–Crippen MR) is 94.7 cm³/mol. The summed E-state index contributed by atoms with van der Waals surface area (Å²) in [4.78, 5) is 19.3. The fourth-order valence-corrected chi connectivity index (χ4v) is 2.30. The van der Waals surface area contributed by atoms with Crippen LogP contribution in [-0.4, -0.2) is 21.9 Å². The monoisotopic (exact) mass is 390 g/mol. The number of hydrogen-bond donors (Lipinski definition) is 0. The van der Waals surface area contributed by atoms with Gasteiger partial charge in [-0.15, -0.1) is 0 Å². The van der Waals surface area contributed by atoms with E-state index < -0.39 is 22.5 Å². The molecule has 144 valence electrons. The summed E-state index contributed by atoms with van der Waals surface area (Å²) in [6.07, 6.45) is -4.06. The minimum absolute atomic E-state index is 0.0622. The molecule has 7 nitrogen and oxygen atoms in total.